The molecule has 1 aromatic heterocycles. The zero-order chi connectivity index (χ0) is 20.7. The number of aliphatic carboxylic acids is 1. The van der Waals surface area contributed by atoms with Crippen LogP contribution in [0, 0.1) is 6.92 Å². The first kappa shape index (κ1) is 21.2. The summed E-state index contributed by atoms with van der Waals surface area (Å²) >= 11 is 0. The molecule has 2 aromatic rings. The number of ether oxygens (including phenoxy) is 2. The fraction of sp³-hybridized carbons (Fsp3) is 0.350. The molecule has 0 bridgehead atoms. The van der Waals surface area contributed by atoms with Crippen LogP contribution in [0.2, 0.25) is 0 Å². The highest BCUT2D eigenvalue weighted by Gasteiger charge is 2.15. The first-order chi connectivity index (χ1) is 13.2. The molecule has 0 saturated heterocycles. The van der Waals surface area contributed by atoms with E-state index in [-0.39, 0.29) is 18.1 Å². The summed E-state index contributed by atoms with van der Waals surface area (Å²) in [6, 6.07) is 6.42. The fourth-order valence-electron chi connectivity index (χ4n) is 2.38. The second kappa shape index (κ2) is 9.70. The van der Waals surface area contributed by atoms with E-state index in [1.54, 1.807) is 25.1 Å². The lowest BCUT2D eigenvalue weighted by molar-refractivity contribution is -0.144. The summed E-state index contributed by atoms with van der Waals surface area (Å²) in [5, 5.41) is 12.2. The van der Waals surface area contributed by atoms with Gasteiger partial charge in [-0.15, -0.1) is 0 Å². The van der Waals surface area contributed by atoms with Gasteiger partial charge in [0.2, 0.25) is 0 Å². The number of fused-ring (bicyclic) bond motifs is 1. The molecule has 2 N–H and O–H groups in total. The maximum Gasteiger partial charge on any atom is 0.331 e. The van der Waals surface area contributed by atoms with Gasteiger partial charge in [-0.25, -0.2) is 9.59 Å². The van der Waals surface area contributed by atoms with Gasteiger partial charge in [-0.2, -0.15) is 0 Å². The Morgan fingerprint density at radius 2 is 2.00 bits per heavy atom. The third-order valence-electron chi connectivity index (χ3n) is 3.66. The zero-order valence-corrected chi connectivity index (χ0v) is 15.9. The van der Waals surface area contributed by atoms with Crippen molar-refractivity contribution < 1.29 is 28.6 Å². The summed E-state index contributed by atoms with van der Waals surface area (Å²) in [6.45, 7) is 5.93. The average Bonchev–Trinajstić information content (AvgIpc) is 2.61. The van der Waals surface area contributed by atoms with E-state index in [9.17, 15) is 14.4 Å². The molecule has 0 radical (unpaired) electrons. The summed E-state index contributed by atoms with van der Waals surface area (Å²) in [4.78, 5) is 34.2. The van der Waals surface area contributed by atoms with Crippen LogP contribution in [0.15, 0.2) is 45.6 Å². The maximum atomic E-state index is 11.9. The lowest BCUT2D eigenvalue weighted by Crippen LogP contribution is -2.38. The smallest absolute Gasteiger partial charge is 0.331 e. The molecule has 1 heterocycles. The van der Waals surface area contributed by atoms with Crippen LogP contribution < -0.4 is 15.5 Å². The molecule has 8 nitrogen and oxygen atoms in total. The topological polar surface area (TPSA) is 115 Å². The van der Waals surface area contributed by atoms with Crippen LogP contribution in [0.4, 0.5) is 0 Å². The second-order valence-electron chi connectivity index (χ2n) is 6.48. The van der Waals surface area contributed by atoms with E-state index in [1.165, 1.54) is 6.07 Å². The van der Waals surface area contributed by atoms with Crippen molar-refractivity contribution in [2.75, 3.05) is 13.2 Å². The van der Waals surface area contributed by atoms with Gasteiger partial charge >= 0.3 is 11.9 Å². The molecule has 0 spiro atoms. The van der Waals surface area contributed by atoms with E-state index >= 15 is 0 Å². The Morgan fingerprint density at radius 3 is 2.68 bits per heavy atom. The van der Waals surface area contributed by atoms with Crippen LogP contribution in [-0.2, 0) is 14.3 Å². The highest BCUT2D eigenvalue weighted by atomic mass is 16.6. The van der Waals surface area contributed by atoms with Gasteiger partial charge in [-0.05, 0) is 19.1 Å². The lowest BCUT2D eigenvalue weighted by Gasteiger charge is -2.20. The highest BCUT2D eigenvalue weighted by Crippen LogP contribution is 2.20. The summed E-state index contributed by atoms with van der Waals surface area (Å²) in [7, 11) is 0. The van der Waals surface area contributed by atoms with Crippen molar-refractivity contribution >= 4 is 22.9 Å². The van der Waals surface area contributed by atoms with Gasteiger partial charge in [0.1, 0.15) is 29.8 Å². The van der Waals surface area contributed by atoms with Crippen molar-refractivity contribution in [1.29, 1.82) is 0 Å². The Hall–Kier alpha value is -3.13. The van der Waals surface area contributed by atoms with Gasteiger partial charge in [0.05, 0.1) is 5.39 Å². The molecule has 0 amide bonds. The van der Waals surface area contributed by atoms with Crippen molar-refractivity contribution in [2.24, 2.45) is 0 Å². The normalized spacial score (nSPS) is 12.4. The maximum absolute atomic E-state index is 11.9. The molecule has 1 unspecified atom stereocenters. The minimum absolute atomic E-state index is 0.0356. The summed E-state index contributed by atoms with van der Waals surface area (Å²) in [5.41, 5.74) is 0.268. The molecular formula is C20H23NO7. The highest BCUT2D eigenvalue weighted by molar-refractivity contribution is 5.90. The van der Waals surface area contributed by atoms with Gasteiger partial charge in [-0.3, -0.25) is 4.79 Å². The molecule has 28 heavy (non-hydrogen) atoms. The Bertz CT molecular complexity index is 930. The Kier molecular flexibility index (Phi) is 7.34. The molecule has 0 aliphatic heterocycles. The van der Waals surface area contributed by atoms with Crippen molar-refractivity contribution in [3.63, 3.8) is 0 Å². The zero-order valence-electron chi connectivity index (χ0n) is 15.9. The van der Waals surface area contributed by atoms with Crippen LogP contribution in [0.1, 0.15) is 19.6 Å². The molecule has 0 aliphatic rings. The van der Waals surface area contributed by atoms with Gasteiger partial charge in [0.25, 0.3) is 0 Å². The van der Waals surface area contributed by atoms with Crippen LogP contribution in [0.25, 0.3) is 11.0 Å². The number of nitrogens with one attached hydrogen (secondary N) is 1. The van der Waals surface area contributed by atoms with Gasteiger partial charge < -0.3 is 24.3 Å². The molecule has 8 heteroatoms. The number of carbonyl (C=O) groups excluding carboxylic acids is 1. The van der Waals surface area contributed by atoms with Gasteiger partial charge in [-0.1, -0.05) is 13.8 Å². The van der Waals surface area contributed by atoms with Gasteiger partial charge in [0, 0.05) is 36.9 Å². The predicted molar refractivity (Wildman–Crippen MR) is 103 cm³/mol. The summed E-state index contributed by atoms with van der Waals surface area (Å²) in [5.74, 6) is -1.07. The van der Waals surface area contributed by atoms with Crippen LogP contribution in [0.3, 0.4) is 0 Å². The molecule has 0 saturated carbocycles. The van der Waals surface area contributed by atoms with Crippen molar-refractivity contribution in [3.8, 4) is 5.75 Å². The number of hydrogen-bond donors (Lipinski definition) is 2. The Balaban J connectivity index is 2.08. The van der Waals surface area contributed by atoms with Crippen LogP contribution in [-0.4, -0.2) is 42.3 Å². The summed E-state index contributed by atoms with van der Waals surface area (Å²) < 4.78 is 16.5. The number of carboxylic acid groups (broad SMARTS) is 1. The van der Waals surface area contributed by atoms with E-state index in [2.05, 4.69) is 5.32 Å². The SMILES string of the molecule is Cc1cc(=O)c2ccc(OCC(CNC(C)C)OC(=O)/C=C\C(=O)O)cc2o1. The van der Waals surface area contributed by atoms with E-state index < -0.39 is 18.0 Å². The van der Waals surface area contributed by atoms with E-state index in [0.29, 0.717) is 35.1 Å². The van der Waals surface area contributed by atoms with Crippen LogP contribution >= 0.6 is 0 Å². The quantitative estimate of drug-likeness (QED) is 0.494. The largest absolute Gasteiger partial charge is 0.490 e. The monoisotopic (exact) mass is 389 g/mol. The van der Waals surface area contributed by atoms with Crippen LogP contribution in [0.5, 0.6) is 5.75 Å². The third kappa shape index (κ3) is 6.55. The Morgan fingerprint density at radius 1 is 1.25 bits per heavy atom. The third-order valence-corrected chi connectivity index (χ3v) is 3.66. The van der Waals surface area contributed by atoms with E-state index in [0.717, 1.165) is 6.08 Å². The Labute approximate surface area is 161 Å². The fourth-order valence-corrected chi connectivity index (χ4v) is 2.38. The van der Waals surface area contributed by atoms with E-state index in [1.807, 2.05) is 13.8 Å². The number of rotatable bonds is 9. The van der Waals surface area contributed by atoms with Crippen molar-refractivity contribution in [2.45, 2.75) is 32.9 Å². The number of aryl methyl sites for hydroxylation is 1. The molecule has 1 aromatic carbocycles. The number of benzene rings is 1. The van der Waals surface area contributed by atoms with Crippen molar-refractivity contribution in [3.05, 3.63) is 52.4 Å². The molecule has 150 valence electrons. The minimum atomic E-state index is -1.24. The second-order valence-corrected chi connectivity index (χ2v) is 6.48. The molecule has 1 atom stereocenters. The first-order valence-corrected chi connectivity index (χ1v) is 8.77. The number of hydrogen-bond acceptors (Lipinski definition) is 7. The number of carboxylic acids is 1. The average molecular weight is 389 g/mol. The minimum Gasteiger partial charge on any atom is -0.490 e. The lowest BCUT2D eigenvalue weighted by atomic mass is 10.2. The molecule has 0 aliphatic carbocycles. The number of esters is 1. The van der Waals surface area contributed by atoms with Gasteiger partial charge in [0.15, 0.2) is 5.43 Å². The number of carbonyl (C=O) groups is 2. The standard InChI is InChI=1S/C20H23NO7/c1-12(2)21-10-15(28-20(25)7-6-19(23)24)11-26-14-4-5-16-17(22)8-13(3)27-18(16)9-14/h4-9,12,15,21H,10-11H2,1-3H3,(H,23,24)/b7-6-. The summed E-state index contributed by atoms with van der Waals surface area (Å²) in [6.07, 6.45) is 0.913. The predicted octanol–water partition coefficient (Wildman–Crippen LogP) is 2.03. The van der Waals surface area contributed by atoms with Crippen molar-refractivity contribution in [1.82, 2.24) is 5.32 Å². The molecular weight excluding hydrogens is 366 g/mol. The first-order valence-electron chi connectivity index (χ1n) is 8.77. The molecule has 0 fully saturated rings. The molecule has 2 rings (SSSR count). The van der Waals surface area contributed by atoms with E-state index in [4.69, 9.17) is 19.0 Å².